The lowest BCUT2D eigenvalue weighted by molar-refractivity contribution is 0.384. The van der Waals surface area contributed by atoms with Gasteiger partial charge in [0.2, 0.25) is 5.96 Å². The van der Waals surface area contributed by atoms with Crippen LogP contribution >= 0.6 is 11.9 Å². The van der Waals surface area contributed by atoms with E-state index in [2.05, 4.69) is 70.9 Å². The summed E-state index contributed by atoms with van der Waals surface area (Å²) in [4.78, 5) is 15.1. The molecule has 8 nitrogen and oxygen atoms in total. The number of anilines is 2. The Morgan fingerprint density at radius 2 is 1.81 bits per heavy atom. The van der Waals surface area contributed by atoms with E-state index in [4.69, 9.17) is 0 Å². The van der Waals surface area contributed by atoms with E-state index < -0.39 is 0 Å². The van der Waals surface area contributed by atoms with Gasteiger partial charge in [-0.3, -0.25) is 5.10 Å². The molecule has 32 heavy (non-hydrogen) atoms. The summed E-state index contributed by atoms with van der Waals surface area (Å²) in [7, 11) is 0. The number of benzene rings is 2. The summed E-state index contributed by atoms with van der Waals surface area (Å²) in [6.07, 6.45) is 3.45. The molecule has 2 aliphatic heterocycles. The first kappa shape index (κ1) is 19.1. The first-order chi connectivity index (χ1) is 15.8. The minimum Gasteiger partial charge on any atom is -0.352 e. The standard InChI is InChI=1S/C23H22N8S/c1-15-12-16(18-6-7-26-28-18)13-17-21(15)24-14-25-22(17)30-8-10-31(11-9-30)23-27-19-4-2-3-5-20(19)32-29-23/h2-7,12-14H,8-11H2,1H3,(H,26,28)(H,27,29). The normalized spacial score (nSPS) is 16.0. The van der Waals surface area contributed by atoms with E-state index >= 15 is 0 Å². The molecule has 0 amide bonds. The Morgan fingerprint density at radius 1 is 0.969 bits per heavy atom. The Hall–Kier alpha value is -3.59. The number of para-hydroxylation sites is 1. The Bertz CT molecular complexity index is 1310. The van der Waals surface area contributed by atoms with E-state index in [1.165, 1.54) is 11.9 Å². The van der Waals surface area contributed by atoms with Crippen LogP contribution in [0.25, 0.3) is 22.2 Å². The summed E-state index contributed by atoms with van der Waals surface area (Å²) in [6, 6.07) is 14.6. The third-order valence-electron chi connectivity index (χ3n) is 5.96. The molecule has 1 saturated heterocycles. The van der Waals surface area contributed by atoms with Crippen molar-refractivity contribution in [3.63, 3.8) is 0 Å². The van der Waals surface area contributed by atoms with E-state index in [1.807, 2.05) is 18.2 Å². The molecular weight excluding hydrogens is 420 g/mol. The molecular formula is C23H22N8S. The van der Waals surface area contributed by atoms with Crippen molar-refractivity contribution in [2.75, 3.05) is 36.4 Å². The summed E-state index contributed by atoms with van der Waals surface area (Å²) in [6.45, 7) is 5.58. The second kappa shape index (κ2) is 7.83. The van der Waals surface area contributed by atoms with Crippen molar-refractivity contribution in [1.82, 2.24) is 25.1 Å². The number of guanidine groups is 1. The largest absolute Gasteiger partial charge is 0.352 e. The van der Waals surface area contributed by atoms with Crippen LogP contribution in [0, 0.1) is 6.92 Å². The molecule has 0 unspecified atom stereocenters. The average molecular weight is 443 g/mol. The number of fused-ring (bicyclic) bond motifs is 2. The number of nitrogens with zero attached hydrogens (tertiary/aromatic N) is 6. The highest BCUT2D eigenvalue weighted by atomic mass is 32.2. The first-order valence-corrected chi connectivity index (χ1v) is 11.4. The summed E-state index contributed by atoms with van der Waals surface area (Å²) >= 11 is 1.53. The van der Waals surface area contributed by atoms with E-state index in [-0.39, 0.29) is 0 Å². The molecule has 2 aromatic heterocycles. The van der Waals surface area contributed by atoms with Gasteiger partial charge in [-0.25, -0.2) is 9.97 Å². The second-order valence-electron chi connectivity index (χ2n) is 7.96. The fraction of sp³-hybridized carbons (Fsp3) is 0.217. The number of hydrogen-bond acceptors (Lipinski definition) is 8. The number of aromatic nitrogens is 4. The van der Waals surface area contributed by atoms with E-state index in [0.717, 1.165) is 76.3 Å². The molecule has 2 N–H and O–H groups in total. The third kappa shape index (κ3) is 3.34. The van der Waals surface area contributed by atoms with Crippen LogP contribution in [0.3, 0.4) is 0 Å². The highest BCUT2D eigenvalue weighted by Crippen LogP contribution is 2.33. The molecule has 1 fully saturated rings. The van der Waals surface area contributed by atoms with Gasteiger partial charge in [0.15, 0.2) is 0 Å². The highest BCUT2D eigenvalue weighted by Gasteiger charge is 2.25. The zero-order valence-corrected chi connectivity index (χ0v) is 18.4. The zero-order valence-electron chi connectivity index (χ0n) is 17.6. The number of piperazine rings is 1. The number of rotatable bonds is 2. The Balaban J connectivity index is 1.25. The fourth-order valence-corrected chi connectivity index (χ4v) is 5.01. The number of aromatic amines is 1. The van der Waals surface area contributed by atoms with Crippen molar-refractivity contribution in [2.24, 2.45) is 4.40 Å². The molecule has 0 radical (unpaired) electrons. The smallest absolute Gasteiger partial charge is 0.210 e. The monoisotopic (exact) mass is 442 g/mol. The SMILES string of the molecule is Cc1cc(-c2ccn[nH]2)cc2c(N3CCN(C4=NSc5ccccc5N4)CC3)ncnc12. The van der Waals surface area contributed by atoms with Gasteiger partial charge in [-0.1, -0.05) is 12.1 Å². The van der Waals surface area contributed by atoms with Crippen LogP contribution < -0.4 is 10.2 Å². The molecule has 0 atom stereocenters. The molecule has 2 aliphatic rings. The molecule has 9 heteroatoms. The van der Waals surface area contributed by atoms with Gasteiger partial charge < -0.3 is 15.1 Å². The lowest BCUT2D eigenvalue weighted by atomic mass is 10.0. The van der Waals surface area contributed by atoms with Gasteiger partial charge in [0.05, 0.1) is 21.8 Å². The second-order valence-corrected chi connectivity index (χ2v) is 8.76. The van der Waals surface area contributed by atoms with Gasteiger partial charge in [-0.15, -0.1) is 0 Å². The quantitative estimate of drug-likeness (QED) is 0.455. The molecule has 6 rings (SSSR count). The molecule has 4 aromatic rings. The lowest BCUT2D eigenvalue weighted by Gasteiger charge is -2.38. The van der Waals surface area contributed by atoms with E-state index in [9.17, 15) is 0 Å². The van der Waals surface area contributed by atoms with Crippen LogP contribution in [0.15, 0.2) is 64.3 Å². The van der Waals surface area contributed by atoms with Crippen molar-refractivity contribution < 1.29 is 0 Å². The van der Waals surface area contributed by atoms with Crippen molar-refractivity contribution in [1.29, 1.82) is 0 Å². The number of nitrogens with one attached hydrogen (secondary N) is 2. The molecule has 2 aromatic carbocycles. The maximum Gasteiger partial charge on any atom is 0.210 e. The van der Waals surface area contributed by atoms with Crippen LogP contribution in [-0.2, 0) is 0 Å². The molecule has 4 heterocycles. The van der Waals surface area contributed by atoms with Gasteiger partial charge in [-0.2, -0.15) is 9.50 Å². The maximum absolute atomic E-state index is 4.69. The zero-order chi connectivity index (χ0) is 21.5. The molecule has 0 aliphatic carbocycles. The topological polar surface area (TPSA) is 85.3 Å². The van der Waals surface area contributed by atoms with Crippen LogP contribution in [0.4, 0.5) is 11.5 Å². The van der Waals surface area contributed by atoms with Gasteiger partial charge >= 0.3 is 0 Å². The minimum absolute atomic E-state index is 0.868. The summed E-state index contributed by atoms with van der Waals surface area (Å²) in [5.41, 5.74) is 5.33. The van der Waals surface area contributed by atoms with Crippen LogP contribution in [0.1, 0.15) is 5.56 Å². The fourth-order valence-electron chi connectivity index (χ4n) is 4.31. The van der Waals surface area contributed by atoms with Crippen LogP contribution in [0.5, 0.6) is 0 Å². The van der Waals surface area contributed by atoms with E-state index in [0.29, 0.717) is 0 Å². The molecule has 0 spiro atoms. The third-order valence-corrected chi connectivity index (χ3v) is 6.78. The van der Waals surface area contributed by atoms with Gasteiger partial charge in [0, 0.05) is 55.3 Å². The van der Waals surface area contributed by atoms with Crippen LogP contribution in [-0.4, -0.2) is 57.2 Å². The average Bonchev–Trinajstić information content (AvgIpc) is 3.39. The summed E-state index contributed by atoms with van der Waals surface area (Å²) in [5.74, 6) is 1.91. The first-order valence-electron chi connectivity index (χ1n) is 10.6. The molecule has 160 valence electrons. The maximum atomic E-state index is 4.69. The predicted octanol–water partition coefficient (Wildman–Crippen LogP) is 3.94. The molecule has 0 bridgehead atoms. The Kier molecular flexibility index (Phi) is 4.68. The van der Waals surface area contributed by atoms with Crippen molar-refractivity contribution in [2.45, 2.75) is 11.8 Å². The summed E-state index contributed by atoms with van der Waals surface area (Å²) < 4.78 is 4.69. The van der Waals surface area contributed by atoms with Crippen molar-refractivity contribution in [3.8, 4) is 11.3 Å². The van der Waals surface area contributed by atoms with E-state index in [1.54, 1.807) is 12.5 Å². The van der Waals surface area contributed by atoms with Gasteiger partial charge in [0.25, 0.3) is 0 Å². The van der Waals surface area contributed by atoms with Gasteiger partial charge in [-0.05, 0) is 42.8 Å². The number of hydrogen-bond donors (Lipinski definition) is 2. The van der Waals surface area contributed by atoms with Crippen LogP contribution in [0.2, 0.25) is 0 Å². The minimum atomic E-state index is 0.868. The molecule has 0 saturated carbocycles. The lowest BCUT2D eigenvalue weighted by Crippen LogP contribution is -2.51. The predicted molar refractivity (Wildman–Crippen MR) is 129 cm³/mol. The van der Waals surface area contributed by atoms with Gasteiger partial charge in [0.1, 0.15) is 12.1 Å². The highest BCUT2D eigenvalue weighted by molar-refractivity contribution is 7.98. The Labute approximate surface area is 189 Å². The van der Waals surface area contributed by atoms with Crippen molar-refractivity contribution in [3.05, 3.63) is 60.6 Å². The number of H-pyrrole nitrogens is 1. The summed E-state index contributed by atoms with van der Waals surface area (Å²) in [5, 5.41) is 11.7. The van der Waals surface area contributed by atoms with Crippen molar-refractivity contribution >= 4 is 40.3 Å². The number of aryl methyl sites for hydroxylation is 1. The Morgan fingerprint density at radius 3 is 2.66 bits per heavy atom.